The number of methoxy groups -OCH3 is 1. The van der Waals surface area contributed by atoms with E-state index < -0.39 is 10.0 Å². The topological polar surface area (TPSA) is 90.7 Å². The Hall–Kier alpha value is -1.29. The van der Waals surface area contributed by atoms with Gasteiger partial charge in [-0.25, -0.2) is 13.6 Å². The van der Waals surface area contributed by atoms with Crippen molar-refractivity contribution in [1.29, 1.82) is 0 Å². The molecule has 150 valence electrons. The number of alkyl halides is 1. The lowest BCUT2D eigenvalue weighted by Gasteiger charge is -2.17. The zero-order valence-electron chi connectivity index (χ0n) is 15.2. The van der Waals surface area contributed by atoms with Crippen LogP contribution in [0.3, 0.4) is 0 Å². The minimum atomic E-state index is -3.96. The summed E-state index contributed by atoms with van der Waals surface area (Å²) >= 11 is 3.36. The summed E-state index contributed by atoms with van der Waals surface area (Å²) in [5, 5.41) is 9.19. The fraction of sp³-hybridized carbons (Fsp3) is 0.333. The van der Waals surface area contributed by atoms with Crippen LogP contribution in [-0.4, -0.2) is 22.1 Å². The van der Waals surface area contributed by atoms with Crippen molar-refractivity contribution in [1.82, 2.24) is 0 Å². The number of nitrogens with two attached hydrogens (primary N) is 1. The monoisotopic (exact) mass is 522 g/mol. The highest BCUT2D eigenvalue weighted by Gasteiger charge is 2.21. The Bertz CT molecular complexity index is 843. The zero-order chi connectivity index (χ0) is 19.2. The molecule has 0 aromatic heterocycles. The van der Waals surface area contributed by atoms with Crippen molar-refractivity contribution in [2.45, 2.75) is 30.0 Å². The summed E-state index contributed by atoms with van der Waals surface area (Å²) in [4.78, 5) is -0.0516. The smallest absolute Gasteiger partial charge is 0.241 e. The van der Waals surface area contributed by atoms with Crippen LogP contribution in [0.1, 0.15) is 25.3 Å². The Morgan fingerprint density at radius 3 is 2.30 bits per heavy atom. The lowest BCUT2D eigenvalue weighted by molar-refractivity contribution is 0.412. The number of unbranched alkanes of at least 4 members (excludes halogenated alkanes) is 1. The molecule has 9 heteroatoms. The average molecular weight is 524 g/mol. The maximum absolute atomic E-state index is 12.1. The number of ether oxygens (including phenoxy) is 2. The molecule has 0 heterocycles. The average Bonchev–Trinajstić information content (AvgIpc) is 2.62. The van der Waals surface area contributed by atoms with Gasteiger partial charge in [-0.3, -0.25) is 0 Å². The van der Waals surface area contributed by atoms with E-state index in [1.54, 1.807) is 31.4 Å². The van der Waals surface area contributed by atoms with Gasteiger partial charge in [0.15, 0.2) is 5.75 Å². The van der Waals surface area contributed by atoms with E-state index in [0.29, 0.717) is 29.1 Å². The van der Waals surface area contributed by atoms with Gasteiger partial charge in [-0.05, 0) is 48.4 Å². The van der Waals surface area contributed by atoms with Crippen LogP contribution in [0.5, 0.6) is 17.2 Å². The third-order valence-corrected chi connectivity index (χ3v) is 5.26. The van der Waals surface area contributed by atoms with Crippen molar-refractivity contribution in [2.24, 2.45) is 5.14 Å². The highest BCUT2D eigenvalue weighted by atomic mass is 79.9. The molecular weight excluding hydrogens is 500 g/mol. The molecule has 0 amide bonds. The second-order valence-electron chi connectivity index (χ2n) is 5.71. The van der Waals surface area contributed by atoms with E-state index in [1.807, 2.05) is 6.07 Å². The van der Waals surface area contributed by atoms with Crippen LogP contribution >= 0.6 is 32.9 Å². The van der Waals surface area contributed by atoms with Crippen LogP contribution in [0, 0.1) is 0 Å². The predicted octanol–water partition coefficient (Wildman–Crippen LogP) is 4.82. The molecule has 0 fully saturated rings. The first-order valence-corrected chi connectivity index (χ1v) is 10.9. The molecule has 0 bridgehead atoms. The Kier molecular flexibility index (Phi) is 9.58. The molecule has 0 saturated carbocycles. The summed E-state index contributed by atoms with van der Waals surface area (Å²) in [6, 6.07) is 10.3. The summed E-state index contributed by atoms with van der Waals surface area (Å²) < 4.78 is 35.3. The SMILES string of the molecule is Br.CCCCNc1cc(CBr)cc(S(N)(=O)=O)c1Oc1ccc(OC)cc1. The molecule has 27 heavy (non-hydrogen) atoms. The fourth-order valence-corrected chi connectivity index (χ4v) is 3.40. The van der Waals surface area contributed by atoms with Gasteiger partial charge in [0.25, 0.3) is 0 Å². The highest BCUT2D eigenvalue weighted by Crippen LogP contribution is 2.38. The Labute approximate surface area is 179 Å². The third-order valence-electron chi connectivity index (χ3n) is 3.70. The number of hydrogen-bond donors (Lipinski definition) is 2. The van der Waals surface area contributed by atoms with Gasteiger partial charge in [0.2, 0.25) is 10.0 Å². The van der Waals surface area contributed by atoms with E-state index in [0.717, 1.165) is 18.4 Å². The Morgan fingerprint density at radius 2 is 1.78 bits per heavy atom. The van der Waals surface area contributed by atoms with Crippen LogP contribution in [-0.2, 0) is 15.4 Å². The number of anilines is 1. The summed E-state index contributed by atoms with van der Waals surface area (Å²) in [5.41, 5.74) is 1.38. The number of sulfonamides is 1. The van der Waals surface area contributed by atoms with Crippen molar-refractivity contribution < 1.29 is 17.9 Å². The second-order valence-corrected chi connectivity index (χ2v) is 7.80. The summed E-state index contributed by atoms with van der Waals surface area (Å²) in [6.07, 6.45) is 1.97. The molecule has 2 aromatic carbocycles. The zero-order valence-corrected chi connectivity index (χ0v) is 19.3. The molecule has 3 N–H and O–H groups in total. The molecule has 6 nitrogen and oxygen atoms in total. The maximum atomic E-state index is 12.1. The van der Waals surface area contributed by atoms with Crippen molar-refractivity contribution in [3.63, 3.8) is 0 Å². The quantitative estimate of drug-likeness (QED) is 0.363. The van der Waals surface area contributed by atoms with Crippen molar-refractivity contribution in [3.8, 4) is 17.2 Å². The van der Waals surface area contributed by atoms with E-state index in [-0.39, 0.29) is 27.6 Å². The second kappa shape index (κ2) is 10.9. The van der Waals surface area contributed by atoms with Crippen molar-refractivity contribution in [2.75, 3.05) is 19.0 Å². The molecule has 0 unspecified atom stereocenters. The molecule has 0 saturated heterocycles. The van der Waals surface area contributed by atoms with E-state index in [9.17, 15) is 8.42 Å². The van der Waals surface area contributed by atoms with Crippen molar-refractivity contribution in [3.05, 3.63) is 42.0 Å². The fourth-order valence-electron chi connectivity index (χ4n) is 2.35. The molecule has 0 aliphatic carbocycles. The standard InChI is InChI=1S/C18H23BrN2O4S.BrH/c1-3-4-9-21-16-10-13(12-19)11-17(26(20,22)23)18(16)25-15-7-5-14(24-2)6-8-15;/h5-8,10-11,21H,3-4,9,12H2,1-2H3,(H2,20,22,23);1H. The van der Waals surface area contributed by atoms with E-state index in [4.69, 9.17) is 14.6 Å². The number of benzene rings is 2. The minimum Gasteiger partial charge on any atom is -0.497 e. The molecule has 2 aromatic rings. The number of nitrogens with one attached hydrogen (secondary N) is 1. The highest BCUT2D eigenvalue weighted by molar-refractivity contribution is 9.08. The normalized spacial score (nSPS) is 10.8. The van der Waals surface area contributed by atoms with E-state index in [2.05, 4.69) is 28.2 Å². The van der Waals surface area contributed by atoms with Crippen LogP contribution in [0.4, 0.5) is 5.69 Å². The predicted molar refractivity (Wildman–Crippen MR) is 117 cm³/mol. The lowest BCUT2D eigenvalue weighted by Crippen LogP contribution is -2.15. The molecule has 0 aliphatic rings. The molecule has 0 spiro atoms. The van der Waals surface area contributed by atoms with Crippen LogP contribution in [0.25, 0.3) is 0 Å². The summed E-state index contributed by atoms with van der Waals surface area (Å²) in [6.45, 7) is 2.78. The minimum absolute atomic E-state index is 0. The Balaban J connectivity index is 0.00000364. The largest absolute Gasteiger partial charge is 0.497 e. The van der Waals surface area contributed by atoms with Gasteiger partial charge in [-0.1, -0.05) is 29.3 Å². The maximum Gasteiger partial charge on any atom is 0.241 e. The van der Waals surface area contributed by atoms with Gasteiger partial charge in [-0.2, -0.15) is 0 Å². The van der Waals surface area contributed by atoms with Gasteiger partial charge in [-0.15, -0.1) is 17.0 Å². The van der Waals surface area contributed by atoms with Gasteiger partial charge in [0, 0.05) is 11.9 Å². The van der Waals surface area contributed by atoms with E-state index >= 15 is 0 Å². The number of primary sulfonamides is 1. The van der Waals surface area contributed by atoms with Gasteiger partial charge >= 0.3 is 0 Å². The molecule has 0 aliphatic heterocycles. The first kappa shape index (κ1) is 23.7. The van der Waals surface area contributed by atoms with Gasteiger partial charge in [0.05, 0.1) is 12.8 Å². The molecular formula is C18H24Br2N2O4S. The molecule has 0 radical (unpaired) electrons. The Morgan fingerprint density at radius 1 is 1.15 bits per heavy atom. The summed E-state index contributed by atoms with van der Waals surface area (Å²) in [7, 11) is -2.39. The van der Waals surface area contributed by atoms with Crippen molar-refractivity contribution >= 4 is 48.6 Å². The first-order chi connectivity index (χ1) is 12.4. The lowest BCUT2D eigenvalue weighted by atomic mass is 10.2. The number of hydrogen-bond acceptors (Lipinski definition) is 5. The number of rotatable bonds is 9. The van der Waals surface area contributed by atoms with E-state index in [1.165, 1.54) is 6.07 Å². The van der Waals surface area contributed by atoms with Gasteiger partial charge in [0.1, 0.15) is 16.4 Å². The molecule has 2 rings (SSSR count). The number of halogens is 2. The van der Waals surface area contributed by atoms with Crippen LogP contribution in [0.2, 0.25) is 0 Å². The first-order valence-electron chi connectivity index (χ1n) is 8.20. The van der Waals surface area contributed by atoms with Crippen LogP contribution in [0.15, 0.2) is 41.3 Å². The third kappa shape index (κ3) is 6.67. The summed E-state index contributed by atoms with van der Waals surface area (Å²) in [5.74, 6) is 1.36. The van der Waals surface area contributed by atoms with Gasteiger partial charge < -0.3 is 14.8 Å². The molecule has 0 atom stereocenters. The van der Waals surface area contributed by atoms with Crippen LogP contribution < -0.4 is 19.9 Å².